The molecule has 3 aromatic carbocycles. The van der Waals surface area contributed by atoms with Gasteiger partial charge in [-0.25, -0.2) is 0 Å². The topological polar surface area (TPSA) is 67.5 Å². The lowest BCUT2D eigenvalue weighted by Crippen LogP contribution is -2.03. The minimum absolute atomic E-state index is 0.0190. The SMILES string of the molecule is O=[N+]([O-])c1ccccc1N/N=C1\Cc2cccc3cccc1c23. The van der Waals surface area contributed by atoms with Crippen LogP contribution in [0.3, 0.4) is 0 Å². The lowest BCUT2D eigenvalue weighted by atomic mass is 10.1. The van der Waals surface area contributed by atoms with Gasteiger partial charge in [0.15, 0.2) is 0 Å². The number of rotatable bonds is 3. The van der Waals surface area contributed by atoms with Gasteiger partial charge in [0.2, 0.25) is 0 Å². The van der Waals surface area contributed by atoms with E-state index in [2.05, 4.69) is 28.7 Å². The molecule has 5 nitrogen and oxygen atoms in total. The van der Waals surface area contributed by atoms with Gasteiger partial charge in [0.05, 0.1) is 10.6 Å². The Bertz CT molecular complexity index is 958. The van der Waals surface area contributed by atoms with Crippen LogP contribution in [0.1, 0.15) is 11.1 Å². The molecule has 5 heteroatoms. The van der Waals surface area contributed by atoms with E-state index in [-0.39, 0.29) is 5.69 Å². The normalized spacial score (nSPS) is 14.3. The van der Waals surface area contributed by atoms with Gasteiger partial charge in [-0.3, -0.25) is 15.5 Å². The third kappa shape index (κ3) is 2.23. The number of nitro benzene ring substituents is 1. The highest BCUT2D eigenvalue weighted by Gasteiger charge is 2.20. The van der Waals surface area contributed by atoms with E-state index in [4.69, 9.17) is 0 Å². The molecule has 0 aliphatic heterocycles. The van der Waals surface area contributed by atoms with E-state index in [1.54, 1.807) is 18.2 Å². The Balaban J connectivity index is 1.73. The monoisotopic (exact) mass is 303 g/mol. The Morgan fingerprint density at radius 3 is 2.61 bits per heavy atom. The summed E-state index contributed by atoms with van der Waals surface area (Å²) in [5.41, 5.74) is 6.50. The highest BCUT2D eigenvalue weighted by atomic mass is 16.6. The Morgan fingerprint density at radius 1 is 1.00 bits per heavy atom. The van der Waals surface area contributed by atoms with Gasteiger partial charge in [0.25, 0.3) is 5.69 Å². The summed E-state index contributed by atoms with van der Waals surface area (Å²) in [6.45, 7) is 0. The zero-order valence-electron chi connectivity index (χ0n) is 12.2. The van der Waals surface area contributed by atoms with Crippen LogP contribution in [-0.2, 0) is 6.42 Å². The zero-order valence-corrected chi connectivity index (χ0v) is 12.2. The summed E-state index contributed by atoms with van der Waals surface area (Å²) in [4.78, 5) is 10.7. The fourth-order valence-electron chi connectivity index (χ4n) is 3.04. The Morgan fingerprint density at radius 2 is 1.78 bits per heavy atom. The van der Waals surface area contributed by atoms with Crippen molar-refractivity contribution < 1.29 is 4.92 Å². The predicted octanol–water partition coefficient (Wildman–Crippen LogP) is 4.12. The van der Waals surface area contributed by atoms with Gasteiger partial charge in [0.1, 0.15) is 5.69 Å². The molecule has 1 N–H and O–H groups in total. The first-order chi connectivity index (χ1) is 11.2. The number of nitrogens with one attached hydrogen (secondary N) is 1. The number of hydrazone groups is 1. The molecule has 0 radical (unpaired) electrons. The van der Waals surface area contributed by atoms with E-state index in [1.165, 1.54) is 22.4 Å². The fourth-order valence-corrected chi connectivity index (χ4v) is 3.04. The largest absolute Gasteiger partial charge is 0.294 e. The summed E-state index contributed by atoms with van der Waals surface area (Å²) in [6, 6.07) is 18.9. The maximum atomic E-state index is 11.1. The Kier molecular flexibility index (Phi) is 3.05. The van der Waals surface area contributed by atoms with Crippen LogP contribution in [0.2, 0.25) is 0 Å². The molecule has 0 fully saturated rings. The van der Waals surface area contributed by atoms with Crippen LogP contribution in [0.5, 0.6) is 0 Å². The third-order valence-corrected chi connectivity index (χ3v) is 4.07. The molecule has 112 valence electrons. The first kappa shape index (κ1) is 13.5. The molecular weight excluding hydrogens is 290 g/mol. The number of hydrogen-bond donors (Lipinski definition) is 1. The summed E-state index contributed by atoms with van der Waals surface area (Å²) < 4.78 is 0. The molecular formula is C18H13N3O2. The molecule has 0 amide bonds. The average molecular weight is 303 g/mol. The van der Waals surface area contributed by atoms with Crippen LogP contribution in [0, 0.1) is 10.1 Å². The molecule has 0 saturated heterocycles. The zero-order chi connectivity index (χ0) is 15.8. The van der Waals surface area contributed by atoms with E-state index in [0.717, 1.165) is 17.7 Å². The number of benzene rings is 3. The predicted molar refractivity (Wildman–Crippen MR) is 90.9 cm³/mol. The maximum Gasteiger partial charge on any atom is 0.294 e. The molecule has 4 rings (SSSR count). The van der Waals surface area contributed by atoms with E-state index < -0.39 is 4.92 Å². The second kappa shape index (κ2) is 5.21. The van der Waals surface area contributed by atoms with E-state index in [0.29, 0.717) is 5.69 Å². The fraction of sp³-hybridized carbons (Fsp3) is 0.0556. The van der Waals surface area contributed by atoms with Crippen LogP contribution in [0.15, 0.2) is 65.8 Å². The molecule has 3 aromatic rings. The second-order valence-corrected chi connectivity index (χ2v) is 5.44. The molecule has 23 heavy (non-hydrogen) atoms. The van der Waals surface area contributed by atoms with Gasteiger partial charge in [0, 0.05) is 18.1 Å². The lowest BCUT2D eigenvalue weighted by molar-refractivity contribution is -0.384. The quantitative estimate of drug-likeness (QED) is 0.584. The number of para-hydroxylation sites is 2. The maximum absolute atomic E-state index is 11.1. The standard InChI is InChI=1S/C18H13N3O2/c22-21(23)17-10-2-1-9-15(17)19-20-16-11-13-7-3-5-12-6-4-8-14(16)18(12)13/h1-10,19H,11H2/b20-16+. The summed E-state index contributed by atoms with van der Waals surface area (Å²) in [6.07, 6.45) is 0.727. The van der Waals surface area contributed by atoms with Crippen molar-refractivity contribution in [3.8, 4) is 0 Å². The highest BCUT2D eigenvalue weighted by molar-refractivity contribution is 6.18. The van der Waals surface area contributed by atoms with Gasteiger partial charge in [-0.2, -0.15) is 5.10 Å². The molecule has 0 atom stereocenters. The minimum Gasteiger partial charge on any atom is -0.271 e. The molecule has 1 aliphatic carbocycles. The molecule has 0 bridgehead atoms. The van der Waals surface area contributed by atoms with Crippen molar-refractivity contribution in [1.82, 2.24) is 0 Å². The Hall–Kier alpha value is -3.21. The van der Waals surface area contributed by atoms with E-state index >= 15 is 0 Å². The number of nitro groups is 1. The molecule has 1 aliphatic rings. The van der Waals surface area contributed by atoms with Gasteiger partial charge in [-0.05, 0) is 22.4 Å². The van der Waals surface area contributed by atoms with Crippen molar-refractivity contribution in [1.29, 1.82) is 0 Å². The molecule has 0 spiro atoms. The van der Waals surface area contributed by atoms with E-state index in [9.17, 15) is 10.1 Å². The molecule has 0 aromatic heterocycles. The molecule has 0 saturated carbocycles. The molecule has 0 heterocycles. The van der Waals surface area contributed by atoms with Crippen LogP contribution in [0.4, 0.5) is 11.4 Å². The first-order valence-electron chi connectivity index (χ1n) is 7.31. The van der Waals surface area contributed by atoms with Gasteiger partial charge < -0.3 is 0 Å². The van der Waals surface area contributed by atoms with Crippen molar-refractivity contribution in [3.05, 3.63) is 81.9 Å². The highest BCUT2D eigenvalue weighted by Crippen LogP contribution is 2.31. The first-order valence-corrected chi connectivity index (χ1v) is 7.31. The van der Waals surface area contributed by atoms with Gasteiger partial charge >= 0.3 is 0 Å². The van der Waals surface area contributed by atoms with Crippen molar-refractivity contribution in [2.75, 3.05) is 5.43 Å². The molecule has 0 unspecified atom stereocenters. The second-order valence-electron chi connectivity index (χ2n) is 5.44. The van der Waals surface area contributed by atoms with Crippen molar-refractivity contribution in [2.24, 2.45) is 5.10 Å². The smallest absolute Gasteiger partial charge is 0.271 e. The van der Waals surface area contributed by atoms with Crippen molar-refractivity contribution in [3.63, 3.8) is 0 Å². The minimum atomic E-state index is -0.410. The van der Waals surface area contributed by atoms with Crippen LogP contribution in [-0.4, -0.2) is 10.6 Å². The van der Waals surface area contributed by atoms with Gasteiger partial charge in [-0.1, -0.05) is 48.5 Å². The summed E-state index contributed by atoms with van der Waals surface area (Å²) in [5.74, 6) is 0. The van der Waals surface area contributed by atoms with Crippen LogP contribution >= 0.6 is 0 Å². The summed E-state index contributed by atoms with van der Waals surface area (Å²) in [5, 5.41) is 17.9. The average Bonchev–Trinajstić information content (AvgIpc) is 2.93. The number of anilines is 1. The lowest BCUT2D eigenvalue weighted by Gasteiger charge is -2.04. The Labute approximate surface area is 132 Å². The number of nitrogens with zero attached hydrogens (tertiary/aromatic N) is 2. The summed E-state index contributed by atoms with van der Waals surface area (Å²) >= 11 is 0. The number of hydrogen-bond acceptors (Lipinski definition) is 4. The van der Waals surface area contributed by atoms with E-state index in [1.807, 2.05) is 18.2 Å². The summed E-state index contributed by atoms with van der Waals surface area (Å²) in [7, 11) is 0. The van der Waals surface area contributed by atoms with Crippen molar-refractivity contribution >= 4 is 27.9 Å². The van der Waals surface area contributed by atoms with Crippen molar-refractivity contribution in [2.45, 2.75) is 6.42 Å². The van der Waals surface area contributed by atoms with Gasteiger partial charge in [-0.15, -0.1) is 0 Å². The third-order valence-electron chi connectivity index (χ3n) is 4.07. The van der Waals surface area contributed by atoms with Crippen LogP contribution in [0.25, 0.3) is 10.8 Å². The van der Waals surface area contributed by atoms with Crippen LogP contribution < -0.4 is 5.43 Å².